The van der Waals surface area contributed by atoms with E-state index in [-0.39, 0.29) is 30.3 Å². The van der Waals surface area contributed by atoms with Crippen LogP contribution in [0.3, 0.4) is 0 Å². The summed E-state index contributed by atoms with van der Waals surface area (Å²) in [5.41, 5.74) is 2.22. The Kier molecular flexibility index (Phi) is 4.39. The molecule has 16 heavy (non-hydrogen) atoms. The fourth-order valence-electron chi connectivity index (χ4n) is 1.14. The van der Waals surface area contributed by atoms with Gasteiger partial charge >= 0.3 is 0 Å². The summed E-state index contributed by atoms with van der Waals surface area (Å²) in [5.74, 6) is 4.82. The standard InChI is InChI=1S/C9H16FN5O/c1-5(2)7(4-16)13-8-6(10)3-12-9(14-8)15-11/h3,5,7,16H,4,11H2,1-2H3,(H2,12,13,14,15). The Balaban J connectivity index is 2.86. The molecule has 0 spiro atoms. The number of nitrogens with two attached hydrogens (primary N) is 1. The van der Waals surface area contributed by atoms with Gasteiger partial charge in [-0.2, -0.15) is 4.98 Å². The Morgan fingerprint density at radius 3 is 2.75 bits per heavy atom. The van der Waals surface area contributed by atoms with Gasteiger partial charge in [-0.3, -0.25) is 5.43 Å². The van der Waals surface area contributed by atoms with Gasteiger partial charge in [0.15, 0.2) is 11.6 Å². The fourth-order valence-corrected chi connectivity index (χ4v) is 1.14. The van der Waals surface area contributed by atoms with Crippen LogP contribution in [0.2, 0.25) is 0 Å². The third kappa shape index (κ3) is 3.01. The molecule has 1 rings (SSSR count). The van der Waals surface area contributed by atoms with E-state index in [9.17, 15) is 4.39 Å². The van der Waals surface area contributed by atoms with Gasteiger partial charge in [0.2, 0.25) is 5.95 Å². The van der Waals surface area contributed by atoms with E-state index in [4.69, 9.17) is 10.9 Å². The highest BCUT2D eigenvalue weighted by molar-refractivity contribution is 5.41. The molecule has 1 aromatic rings. The number of hydrogen-bond donors (Lipinski definition) is 4. The molecule has 0 saturated heterocycles. The molecular weight excluding hydrogens is 213 g/mol. The molecule has 0 aliphatic heterocycles. The smallest absolute Gasteiger partial charge is 0.239 e. The van der Waals surface area contributed by atoms with Gasteiger partial charge in [-0.05, 0) is 5.92 Å². The lowest BCUT2D eigenvalue weighted by Crippen LogP contribution is -2.30. The number of rotatable bonds is 5. The second-order valence-corrected chi connectivity index (χ2v) is 3.71. The van der Waals surface area contributed by atoms with Crippen molar-refractivity contribution in [2.75, 3.05) is 17.3 Å². The number of anilines is 2. The van der Waals surface area contributed by atoms with Gasteiger partial charge in [0.1, 0.15) is 0 Å². The van der Waals surface area contributed by atoms with Gasteiger partial charge in [-0.15, -0.1) is 0 Å². The summed E-state index contributed by atoms with van der Waals surface area (Å²) in [6.45, 7) is 3.72. The highest BCUT2D eigenvalue weighted by Gasteiger charge is 2.15. The maximum absolute atomic E-state index is 13.3. The first kappa shape index (κ1) is 12.6. The molecule has 1 heterocycles. The molecule has 1 atom stereocenters. The quantitative estimate of drug-likeness (QED) is 0.429. The normalized spacial score (nSPS) is 12.6. The van der Waals surface area contributed by atoms with E-state index in [1.165, 1.54) is 0 Å². The Labute approximate surface area is 93.1 Å². The van der Waals surface area contributed by atoms with E-state index < -0.39 is 5.82 Å². The number of hydrazine groups is 1. The van der Waals surface area contributed by atoms with E-state index >= 15 is 0 Å². The van der Waals surface area contributed by atoms with Crippen LogP contribution in [0.1, 0.15) is 13.8 Å². The Morgan fingerprint density at radius 1 is 1.56 bits per heavy atom. The zero-order valence-electron chi connectivity index (χ0n) is 9.24. The molecular formula is C9H16FN5O. The van der Waals surface area contributed by atoms with Crippen molar-refractivity contribution in [2.45, 2.75) is 19.9 Å². The van der Waals surface area contributed by atoms with E-state index in [0.29, 0.717) is 0 Å². The molecule has 0 aromatic carbocycles. The maximum Gasteiger partial charge on any atom is 0.239 e. The number of aliphatic hydroxyl groups excluding tert-OH is 1. The van der Waals surface area contributed by atoms with Gasteiger partial charge in [0.25, 0.3) is 0 Å². The zero-order chi connectivity index (χ0) is 12.1. The van der Waals surface area contributed by atoms with Gasteiger partial charge < -0.3 is 10.4 Å². The number of halogens is 1. The topological polar surface area (TPSA) is 96.1 Å². The van der Waals surface area contributed by atoms with Crippen molar-refractivity contribution in [2.24, 2.45) is 11.8 Å². The molecule has 0 radical (unpaired) electrons. The van der Waals surface area contributed by atoms with Gasteiger partial charge in [0, 0.05) is 0 Å². The maximum atomic E-state index is 13.3. The molecule has 0 fully saturated rings. The lowest BCUT2D eigenvalue weighted by molar-refractivity contribution is 0.248. The summed E-state index contributed by atoms with van der Waals surface area (Å²) < 4.78 is 13.3. The molecule has 1 aromatic heterocycles. The number of aromatic nitrogens is 2. The lowest BCUT2D eigenvalue weighted by Gasteiger charge is -2.20. The minimum atomic E-state index is -0.585. The van der Waals surface area contributed by atoms with Crippen LogP contribution in [0.4, 0.5) is 16.2 Å². The molecule has 6 nitrogen and oxygen atoms in total. The lowest BCUT2D eigenvalue weighted by atomic mass is 10.1. The predicted molar refractivity (Wildman–Crippen MR) is 59.1 cm³/mol. The number of hydrogen-bond acceptors (Lipinski definition) is 6. The number of nitrogen functional groups attached to an aromatic ring is 1. The highest BCUT2D eigenvalue weighted by Crippen LogP contribution is 2.15. The minimum Gasteiger partial charge on any atom is -0.394 e. The first-order valence-electron chi connectivity index (χ1n) is 4.95. The summed E-state index contributed by atoms with van der Waals surface area (Å²) in [7, 11) is 0. The van der Waals surface area contributed by atoms with Crippen LogP contribution in [0.25, 0.3) is 0 Å². The van der Waals surface area contributed by atoms with Crippen molar-refractivity contribution in [1.29, 1.82) is 0 Å². The van der Waals surface area contributed by atoms with Crippen molar-refractivity contribution in [3.63, 3.8) is 0 Å². The molecule has 5 N–H and O–H groups in total. The zero-order valence-corrected chi connectivity index (χ0v) is 9.24. The second-order valence-electron chi connectivity index (χ2n) is 3.71. The van der Waals surface area contributed by atoms with E-state index in [1.54, 1.807) is 0 Å². The average Bonchev–Trinajstić information content (AvgIpc) is 2.27. The van der Waals surface area contributed by atoms with Gasteiger partial charge in [0.05, 0.1) is 18.8 Å². The summed E-state index contributed by atoms with van der Waals surface area (Å²) in [5, 5.41) is 11.9. The Morgan fingerprint density at radius 2 is 2.25 bits per heavy atom. The van der Waals surface area contributed by atoms with Crippen molar-refractivity contribution >= 4 is 11.8 Å². The third-order valence-electron chi connectivity index (χ3n) is 2.20. The van der Waals surface area contributed by atoms with Crippen molar-refractivity contribution in [3.05, 3.63) is 12.0 Å². The monoisotopic (exact) mass is 229 g/mol. The fraction of sp³-hybridized carbons (Fsp3) is 0.556. The van der Waals surface area contributed by atoms with Crippen molar-refractivity contribution in [3.8, 4) is 0 Å². The van der Waals surface area contributed by atoms with E-state index in [2.05, 4.69) is 20.7 Å². The third-order valence-corrected chi connectivity index (χ3v) is 2.20. The van der Waals surface area contributed by atoms with Crippen LogP contribution in [0.5, 0.6) is 0 Å². The largest absolute Gasteiger partial charge is 0.394 e. The summed E-state index contributed by atoms with van der Waals surface area (Å²) in [4.78, 5) is 7.43. The average molecular weight is 229 g/mol. The minimum absolute atomic E-state index is 0.0238. The Hall–Kier alpha value is -1.47. The van der Waals surface area contributed by atoms with Crippen LogP contribution in [0.15, 0.2) is 6.20 Å². The van der Waals surface area contributed by atoms with Crippen LogP contribution < -0.4 is 16.6 Å². The van der Waals surface area contributed by atoms with Crippen LogP contribution in [0, 0.1) is 11.7 Å². The molecule has 0 saturated carbocycles. The molecule has 7 heteroatoms. The SMILES string of the molecule is CC(C)C(CO)Nc1nc(NN)ncc1F. The number of nitrogens with zero attached hydrogens (tertiary/aromatic N) is 2. The van der Waals surface area contributed by atoms with Gasteiger partial charge in [-0.1, -0.05) is 13.8 Å². The van der Waals surface area contributed by atoms with E-state index in [0.717, 1.165) is 6.20 Å². The van der Waals surface area contributed by atoms with E-state index in [1.807, 2.05) is 13.8 Å². The summed E-state index contributed by atoms with van der Waals surface area (Å²) in [6.07, 6.45) is 1.01. The highest BCUT2D eigenvalue weighted by atomic mass is 19.1. The van der Waals surface area contributed by atoms with Crippen LogP contribution >= 0.6 is 0 Å². The summed E-state index contributed by atoms with van der Waals surface area (Å²) in [6, 6.07) is -0.268. The Bertz CT molecular complexity index is 347. The molecule has 0 bridgehead atoms. The molecule has 0 aliphatic rings. The molecule has 1 unspecified atom stereocenters. The summed E-state index contributed by atoms with van der Waals surface area (Å²) >= 11 is 0. The number of nitrogens with one attached hydrogen (secondary N) is 2. The van der Waals surface area contributed by atoms with Crippen LogP contribution in [-0.2, 0) is 0 Å². The van der Waals surface area contributed by atoms with Crippen molar-refractivity contribution in [1.82, 2.24) is 9.97 Å². The predicted octanol–water partition coefficient (Wildman–Crippen LogP) is 0.330. The molecule has 90 valence electrons. The molecule has 0 aliphatic carbocycles. The van der Waals surface area contributed by atoms with Crippen molar-refractivity contribution < 1.29 is 9.50 Å². The van der Waals surface area contributed by atoms with Gasteiger partial charge in [-0.25, -0.2) is 15.2 Å². The second kappa shape index (κ2) is 5.57. The van der Waals surface area contributed by atoms with Crippen LogP contribution in [-0.4, -0.2) is 27.7 Å². The molecule has 0 amide bonds. The first-order chi connectivity index (χ1) is 7.58. The number of aliphatic hydroxyl groups is 1. The first-order valence-corrected chi connectivity index (χ1v) is 4.95.